The lowest BCUT2D eigenvalue weighted by molar-refractivity contribution is 0.0520. The molecule has 2 aromatic heterocycles. The van der Waals surface area contributed by atoms with Crippen LogP contribution in [-0.4, -0.2) is 26.9 Å². The Morgan fingerprint density at radius 1 is 1.48 bits per heavy atom. The van der Waals surface area contributed by atoms with Gasteiger partial charge in [0.15, 0.2) is 5.69 Å². The van der Waals surface area contributed by atoms with Crippen molar-refractivity contribution in [3.63, 3.8) is 0 Å². The van der Waals surface area contributed by atoms with Gasteiger partial charge in [0.25, 0.3) is 5.56 Å². The minimum absolute atomic E-state index is 0.0767. The predicted octanol–water partition coefficient (Wildman–Crippen LogP) is 1.91. The summed E-state index contributed by atoms with van der Waals surface area (Å²) in [7, 11) is 0. The van der Waals surface area contributed by atoms with Gasteiger partial charge in [0, 0.05) is 18.2 Å². The third-order valence-electron chi connectivity index (χ3n) is 3.91. The van der Waals surface area contributed by atoms with Crippen LogP contribution in [0.3, 0.4) is 0 Å². The number of esters is 1. The average molecular weight is 313 g/mol. The molecule has 116 valence electrons. The Balaban J connectivity index is 1.94. The number of carbonyl (C=O) groups excluding carboxylic acids is 1. The largest absolute Gasteiger partial charge is 0.461 e. The van der Waals surface area contributed by atoms with Crippen LogP contribution in [0, 0.1) is 5.82 Å². The first kappa shape index (κ1) is 13.7. The first-order valence-electron chi connectivity index (χ1n) is 7.18. The zero-order valence-corrected chi connectivity index (χ0v) is 12.2. The fraction of sp³-hybridized carbons (Fsp3) is 0.188. The Kier molecular flexibility index (Phi) is 2.84. The van der Waals surface area contributed by atoms with E-state index in [1.54, 1.807) is 17.4 Å². The van der Waals surface area contributed by atoms with Gasteiger partial charge in [-0.05, 0) is 30.7 Å². The van der Waals surface area contributed by atoms with Crippen molar-refractivity contribution >= 4 is 11.6 Å². The minimum atomic E-state index is -0.578. The lowest BCUT2D eigenvalue weighted by Gasteiger charge is -2.03. The molecule has 7 heteroatoms. The smallest absolute Gasteiger partial charge is 0.358 e. The Morgan fingerprint density at radius 3 is 3.09 bits per heavy atom. The van der Waals surface area contributed by atoms with Gasteiger partial charge in [-0.1, -0.05) is 0 Å². The number of halogens is 1. The second kappa shape index (κ2) is 4.77. The summed E-state index contributed by atoms with van der Waals surface area (Å²) in [6.45, 7) is 1.93. The van der Waals surface area contributed by atoms with Crippen LogP contribution in [0.1, 0.15) is 28.7 Å². The third kappa shape index (κ3) is 1.97. The third-order valence-corrected chi connectivity index (χ3v) is 3.91. The number of H-pyrrole nitrogens is 1. The second-order valence-corrected chi connectivity index (χ2v) is 5.29. The molecule has 0 saturated heterocycles. The molecule has 1 N–H and O–H groups in total. The van der Waals surface area contributed by atoms with E-state index in [1.807, 2.05) is 0 Å². The molecular weight excluding hydrogens is 301 g/mol. The molecule has 0 atom stereocenters. The molecule has 0 spiro atoms. The van der Waals surface area contributed by atoms with Crippen LogP contribution >= 0.6 is 0 Å². The van der Waals surface area contributed by atoms with E-state index in [1.165, 1.54) is 18.3 Å². The standard InChI is InChI=1S/C16H12FN3O3/c1-2-23-16(22)11-7-20-12-6-8-5-9(17)3-4-10(8)13(12)19-15(21)14(20)18-11/h3-5,7H,2,6H2,1H3,(H,19,21). The van der Waals surface area contributed by atoms with E-state index in [-0.39, 0.29) is 23.8 Å². The van der Waals surface area contributed by atoms with Crippen molar-refractivity contribution in [2.45, 2.75) is 13.3 Å². The number of imidazole rings is 1. The lowest BCUT2D eigenvalue weighted by Crippen LogP contribution is -2.13. The van der Waals surface area contributed by atoms with Gasteiger partial charge in [0.1, 0.15) is 5.82 Å². The molecule has 4 rings (SSSR count). The maximum atomic E-state index is 13.4. The van der Waals surface area contributed by atoms with E-state index < -0.39 is 11.5 Å². The van der Waals surface area contributed by atoms with Gasteiger partial charge in [-0.3, -0.25) is 9.20 Å². The quantitative estimate of drug-likeness (QED) is 0.574. The Morgan fingerprint density at radius 2 is 2.30 bits per heavy atom. The van der Waals surface area contributed by atoms with Crippen LogP contribution in [0.2, 0.25) is 0 Å². The summed E-state index contributed by atoms with van der Waals surface area (Å²) in [6.07, 6.45) is 1.94. The summed E-state index contributed by atoms with van der Waals surface area (Å²) in [5.41, 5.74) is 2.76. The van der Waals surface area contributed by atoms with Crippen LogP contribution in [-0.2, 0) is 11.2 Å². The zero-order chi connectivity index (χ0) is 16.1. The first-order chi connectivity index (χ1) is 11.1. The van der Waals surface area contributed by atoms with Crippen LogP contribution in [0.5, 0.6) is 0 Å². The highest BCUT2D eigenvalue weighted by Crippen LogP contribution is 2.34. The van der Waals surface area contributed by atoms with Crippen molar-refractivity contribution in [2.24, 2.45) is 0 Å². The maximum Gasteiger partial charge on any atom is 0.358 e. The highest BCUT2D eigenvalue weighted by Gasteiger charge is 2.25. The minimum Gasteiger partial charge on any atom is -0.461 e. The number of hydrogen-bond donors (Lipinski definition) is 1. The predicted molar refractivity (Wildman–Crippen MR) is 80.0 cm³/mol. The average Bonchev–Trinajstić information content (AvgIpc) is 3.09. The summed E-state index contributed by atoms with van der Waals surface area (Å²) in [4.78, 5) is 30.9. The Bertz CT molecular complexity index is 1020. The van der Waals surface area contributed by atoms with Gasteiger partial charge in [-0.2, -0.15) is 0 Å². The van der Waals surface area contributed by atoms with Crippen molar-refractivity contribution in [1.82, 2.24) is 14.4 Å². The van der Waals surface area contributed by atoms with Crippen LogP contribution < -0.4 is 5.56 Å². The SMILES string of the molecule is CCOC(=O)c1cn2c3c([nH]c(=O)c2n1)-c1ccc(F)cc1C3. The molecule has 0 radical (unpaired) electrons. The zero-order valence-electron chi connectivity index (χ0n) is 12.2. The van der Waals surface area contributed by atoms with E-state index in [0.29, 0.717) is 12.1 Å². The highest BCUT2D eigenvalue weighted by atomic mass is 19.1. The molecule has 0 fully saturated rings. The van der Waals surface area contributed by atoms with Crippen molar-refractivity contribution in [1.29, 1.82) is 0 Å². The van der Waals surface area contributed by atoms with E-state index in [2.05, 4.69) is 9.97 Å². The molecule has 0 saturated carbocycles. The number of fused-ring (bicyclic) bond motifs is 5. The van der Waals surface area contributed by atoms with E-state index in [0.717, 1.165) is 16.8 Å². The topological polar surface area (TPSA) is 76.5 Å². The van der Waals surface area contributed by atoms with E-state index in [4.69, 9.17) is 4.74 Å². The molecular formula is C16H12FN3O3. The van der Waals surface area contributed by atoms with Crippen molar-refractivity contribution in [3.05, 3.63) is 57.5 Å². The molecule has 0 amide bonds. The summed E-state index contributed by atoms with van der Waals surface area (Å²) in [6, 6.07) is 4.44. The van der Waals surface area contributed by atoms with E-state index >= 15 is 0 Å². The number of benzene rings is 1. The van der Waals surface area contributed by atoms with Gasteiger partial charge in [0.2, 0.25) is 5.65 Å². The Hall–Kier alpha value is -2.96. The number of aromatic nitrogens is 3. The molecule has 1 aromatic carbocycles. The first-order valence-corrected chi connectivity index (χ1v) is 7.18. The van der Waals surface area contributed by atoms with Gasteiger partial charge in [-0.25, -0.2) is 14.2 Å². The molecule has 0 unspecified atom stereocenters. The number of nitrogens with zero attached hydrogens (tertiary/aromatic N) is 2. The summed E-state index contributed by atoms with van der Waals surface area (Å²) >= 11 is 0. The van der Waals surface area contributed by atoms with Gasteiger partial charge < -0.3 is 9.72 Å². The molecule has 0 bridgehead atoms. The normalized spacial score (nSPS) is 12.3. The van der Waals surface area contributed by atoms with Crippen molar-refractivity contribution in [2.75, 3.05) is 6.61 Å². The molecule has 6 nitrogen and oxygen atoms in total. The monoisotopic (exact) mass is 313 g/mol. The highest BCUT2D eigenvalue weighted by molar-refractivity contribution is 5.88. The number of nitrogens with one attached hydrogen (secondary N) is 1. The number of rotatable bonds is 2. The van der Waals surface area contributed by atoms with E-state index in [9.17, 15) is 14.0 Å². The number of ether oxygens (including phenoxy) is 1. The van der Waals surface area contributed by atoms with Crippen LogP contribution in [0.25, 0.3) is 16.9 Å². The fourth-order valence-corrected chi connectivity index (χ4v) is 2.94. The number of aromatic amines is 1. The summed E-state index contributed by atoms with van der Waals surface area (Å²) in [5, 5.41) is 0. The molecule has 2 heterocycles. The van der Waals surface area contributed by atoms with Crippen molar-refractivity contribution < 1.29 is 13.9 Å². The van der Waals surface area contributed by atoms with Gasteiger partial charge >= 0.3 is 5.97 Å². The second-order valence-electron chi connectivity index (χ2n) is 5.29. The van der Waals surface area contributed by atoms with Gasteiger partial charge in [-0.15, -0.1) is 0 Å². The lowest BCUT2D eigenvalue weighted by atomic mass is 10.1. The number of carbonyl (C=O) groups is 1. The molecule has 1 aliphatic carbocycles. The van der Waals surface area contributed by atoms with Crippen molar-refractivity contribution in [3.8, 4) is 11.3 Å². The molecule has 1 aliphatic rings. The van der Waals surface area contributed by atoms with Crippen LogP contribution in [0.4, 0.5) is 4.39 Å². The molecule has 0 aliphatic heterocycles. The summed E-state index contributed by atoms with van der Waals surface area (Å²) < 4.78 is 19.9. The maximum absolute atomic E-state index is 13.4. The fourth-order valence-electron chi connectivity index (χ4n) is 2.94. The van der Waals surface area contributed by atoms with Gasteiger partial charge in [0.05, 0.1) is 18.0 Å². The number of hydrogen-bond acceptors (Lipinski definition) is 4. The molecule has 3 aromatic rings. The van der Waals surface area contributed by atoms with Crippen LogP contribution in [0.15, 0.2) is 29.2 Å². The molecule has 23 heavy (non-hydrogen) atoms. The summed E-state index contributed by atoms with van der Waals surface area (Å²) in [5.74, 6) is -0.904. The Labute approximate surface area is 129 Å².